The lowest BCUT2D eigenvalue weighted by Crippen LogP contribution is -2.22. The third-order valence-corrected chi connectivity index (χ3v) is 3.78. The van der Waals surface area contributed by atoms with Gasteiger partial charge in [-0.15, -0.1) is 0 Å². The van der Waals surface area contributed by atoms with Gasteiger partial charge in [-0.25, -0.2) is 0 Å². The highest BCUT2D eigenvalue weighted by Gasteiger charge is 2.13. The topological polar surface area (TPSA) is 41.5 Å². The van der Waals surface area contributed by atoms with E-state index in [4.69, 9.17) is 27.9 Å². The molecule has 0 bridgehead atoms. The molecule has 0 heterocycles. The summed E-state index contributed by atoms with van der Waals surface area (Å²) >= 11 is 12.3. The maximum Gasteiger partial charge on any atom is 0.142 e. The second kappa shape index (κ2) is 8.55. The standard InChI is InChI=1S/C18H21Cl2NO2/c1-12(2)23-18-14(8-15(19)9-16(18)20)10-21-11-17(22)13-6-4-3-5-7-13/h3-9,12,17,21-22H,10-11H2,1-2H3/t17-/m0/s1. The van der Waals surface area contributed by atoms with Crippen molar-refractivity contribution in [3.63, 3.8) is 0 Å². The quantitative estimate of drug-likeness (QED) is 0.763. The minimum absolute atomic E-state index is 0.0161. The fourth-order valence-electron chi connectivity index (χ4n) is 2.25. The molecule has 1 atom stereocenters. The Kier molecular flexibility index (Phi) is 6.72. The van der Waals surface area contributed by atoms with Gasteiger partial charge in [-0.2, -0.15) is 0 Å². The van der Waals surface area contributed by atoms with E-state index in [9.17, 15) is 5.11 Å². The van der Waals surface area contributed by atoms with Crippen LogP contribution < -0.4 is 10.1 Å². The lowest BCUT2D eigenvalue weighted by molar-refractivity contribution is 0.174. The Morgan fingerprint density at radius 1 is 1.13 bits per heavy atom. The zero-order valence-electron chi connectivity index (χ0n) is 13.2. The van der Waals surface area contributed by atoms with Crippen molar-refractivity contribution in [2.75, 3.05) is 6.54 Å². The zero-order valence-corrected chi connectivity index (χ0v) is 14.7. The van der Waals surface area contributed by atoms with E-state index >= 15 is 0 Å². The van der Waals surface area contributed by atoms with Gasteiger partial charge in [0.2, 0.25) is 0 Å². The van der Waals surface area contributed by atoms with Gasteiger partial charge >= 0.3 is 0 Å². The van der Waals surface area contributed by atoms with Crippen LogP contribution in [0, 0.1) is 0 Å². The lowest BCUT2D eigenvalue weighted by atomic mass is 10.1. The summed E-state index contributed by atoms with van der Waals surface area (Å²) in [6.45, 7) is 4.82. The molecule has 0 spiro atoms. The van der Waals surface area contributed by atoms with Crippen LogP contribution in [0.2, 0.25) is 10.0 Å². The first kappa shape index (κ1) is 18.1. The summed E-state index contributed by atoms with van der Waals surface area (Å²) in [6.07, 6.45) is -0.553. The largest absolute Gasteiger partial charge is 0.489 e. The number of rotatable bonds is 7. The van der Waals surface area contributed by atoms with Gasteiger partial charge in [-0.1, -0.05) is 53.5 Å². The highest BCUT2D eigenvalue weighted by Crippen LogP contribution is 2.33. The lowest BCUT2D eigenvalue weighted by Gasteiger charge is -2.18. The molecule has 5 heteroatoms. The maximum absolute atomic E-state index is 10.2. The molecule has 3 nitrogen and oxygen atoms in total. The maximum atomic E-state index is 10.2. The Hall–Kier alpha value is -1.26. The SMILES string of the molecule is CC(C)Oc1c(Cl)cc(Cl)cc1CNC[C@H](O)c1ccccc1. The predicted molar refractivity (Wildman–Crippen MR) is 95.3 cm³/mol. The van der Waals surface area contributed by atoms with E-state index in [-0.39, 0.29) is 6.10 Å². The highest BCUT2D eigenvalue weighted by molar-refractivity contribution is 6.35. The number of ether oxygens (including phenoxy) is 1. The van der Waals surface area contributed by atoms with Gasteiger partial charge in [0.1, 0.15) is 5.75 Å². The first-order valence-corrected chi connectivity index (χ1v) is 8.31. The Labute approximate surface area is 147 Å². The summed E-state index contributed by atoms with van der Waals surface area (Å²) in [5.41, 5.74) is 1.75. The summed E-state index contributed by atoms with van der Waals surface area (Å²) < 4.78 is 5.78. The summed E-state index contributed by atoms with van der Waals surface area (Å²) in [4.78, 5) is 0. The molecule has 0 fully saturated rings. The van der Waals surface area contributed by atoms with Crippen molar-refractivity contribution in [2.24, 2.45) is 0 Å². The minimum Gasteiger partial charge on any atom is -0.489 e. The van der Waals surface area contributed by atoms with E-state index in [1.54, 1.807) is 6.07 Å². The Bertz CT molecular complexity index is 632. The normalized spacial score (nSPS) is 12.4. The number of hydrogen-bond donors (Lipinski definition) is 2. The minimum atomic E-state index is -0.569. The van der Waals surface area contributed by atoms with Crippen LogP contribution in [0.1, 0.15) is 31.1 Å². The van der Waals surface area contributed by atoms with Gasteiger partial charge in [0.15, 0.2) is 0 Å². The van der Waals surface area contributed by atoms with Crippen molar-refractivity contribution >= 4 is 23.2 Å². The molecule has 2 aromatic rings. The highest BCUT2D eigenvalue weighted by atomic mass is 35.5. The van der Waals surface area contributed by atoms with E-state index < -0.39 is 6.10 Å². The van der Waals surface area contributed by atoms with Crippen molar-refractivity contribution in [3.8, 4) is 5.75 Å². The number of benzene rings is 2. The molecule has 124 valence electrons. The van der Waals surface area contributed by atoms with E-state index in [0.717, 1.165) is 11.1 Å². The molecule has 0 aliphatic carbocycles. The molecule has 0 aliphatic heterocycles. The molecule has 0 saturated heterocycles. The first-order chi connectivity index (χ1) is 11.0. The molecule has 2 rings (SSSR count). The number of aliphatic hydroxyl groups is 1. The molecule has 0 radical (unpaired) electrons. The molecule has 0 unspecified atom stereocenters. The fraction of sp³-hybridized carbons (Fsp3) is 0.333. The number of hydrogen-bond acceptors (Lipinski definition) is 3. The van der Waals surface area contributed by atoms with Crippen LogP contribution in [-0.4, -0.2) is 17.8 Å². The molecule has 0 aliphatic rings. The van der Waals surface area contributed by atoms with E-state index in [1.807, 2.05) is 50.2 Å². The third-order valence-electron chi connectivity index (χ3n) is 3.28. The molecular weight excluding hydrogens is 333 g/mol. The van der Waals surface area contributed by atoms with E-state index in [0.29, 0.717) is 28.9 Å². The average molecular weight is 354 g/mol. The van der Waals surface area contributed by atoms with Crippen LogP contribution in [0.3, 0.4) is 0 Å². The molecule has 23 heavy (non-hydrogen) atoms. The summed E-state index contributed by atoms with van der Waals surface area (Å²) in [6, 6.07) is 13.0. The zero-order chi connectivity index (χ0) is 16.8. The predicted octanol–water partition coefficient (Wildman–Crippen LogP) is 4.60. The average Bonchev–Trinajstić information content (AvgIpc) is 2.51. The number of aliphatic hydroxyl groups excluding tert-OH is 1. The molecule has 2 aromatic carbocycles. The van der Waals surface area contributed by atoms with Crippen LogP contribution in [0.15, 0.2) is 42.5 Å². The Balaban J connectivity index is 2.02. The summed E-state index contributed by atoms with van der Waals surface area (Å²) in [7, 11) is 0. The van der Waals surface area contributed by atoms with Gasteiger partial charge in [-0.3, -0.25) is 0 Å². The molecular formula is C18H21Cl2NO2. The van der Waals surface area contributed by atoms with Gasteiger partial charge in [-0.05, 0) is 31.5 Å². The third kappa shape index (κ3) is 5.40. The van der Waals surface area contributed by atoms with Crippen LogP contribution in [0.4, 0.5) is 0 Å². The van der Waals surface area contributed by atoms with E-state index in [2.05, 4.69) is 5.32 Å². The molecule has 2 N–H and O–H groups in total. The van der Waals surface area contributed by atoms with Crippen molar-refractivity contribution in [2.45, 2.75) is 32.6 Å². The Morgan fingerprint density at radius 2 is 1.83 bits per heavy atom. The fourth-order valence-corrected chi connectivity index (χ4v) is 2.83. The van der Waals surface area contributed by atoms with Crippen LogP contribution in [-0.2, 0) is 6.54 Å². The molecule has 0 amide bonds. The van der Waals surface area contributed by atoms with Gasteiger partial charge < -0.3 is 15.2 Å². The second-order valence-electron chi connectivity index (χ2n) is 5.60. The van der Waals surface area contributed by atoms with Gasteiger partial charge in [0.25, 0.3) is 0 Å². The summed E-state index contributed by atoms with van der Waals surface area (Å²) in [5.74, 6) is 0.632. The van der Waals surface area contributed by atoms with Crippen molar-refractivity contribution in [3.05, 3.63) is 63.6 Å². The summed E-state index contributed by atoms with van der Waals surface area (Å²) in [5, 5.41) is 14.5. The molecule has 0 aromatic heterocycles. The van der Waals surface area contributed by atoms with Crippen LogP contribution in [0.25, 0.3) is 0 Å². The van der Waals surface area contributed by atoms with Gasteiger partial charge in [0, 0.05) is 23.7 Å². The van der Waals surface area contributed by atoms with Crippen LogP contribution in [0.5, 0.6) is 5.75 Å². The number of nitrogens with one attached hydrogen (secondary N) is 1. The molecule has 0 saturated carbocycles. The smallest absolute Gasteiger partial charge is 0.142 e. The van der Waals surface area contributed by atoms with Crippen molar-refractivity contribution < 1.29 is 9.84 Å². The second-order valence-corrected chi connectivity index (χ2v) is 6.44. The monoisotopic (exact) mass is 353 g/mol. The van der Waals surface area contributed by atoms with Crippen LogP contribution >= 0.6 is 23.2 Å². The van der Waals surface area contributed by atoms with Crippen molar-refractivity contribution in [1.29, 1.82) is 0 Å². The van der Waals surface area contributed by atoms with E-state index in [1.165, 1.54) is 0 Å². The van der Waals surface area contributed by atoms with Crippen molar-refractivity contribution in [1.82, 2.24) is 5.32 Å². The van der Waals surface area contributed by atoms with Gasteiger partial charge in [0.05, 0.1) is 17.2 Å². The number of halogens is 2. The first-order valence-electron chi connectivity index (χ1n) is 7.55. The Morgan fingerprint density at radius 3 is 2.48 bits per heavy atom.